The van der Waals surface area contributed by atoms with Gasteiger partial charge in [-0.25, -0.2) is 9.37 Å². The lowest BCUT2D eigenvalue weighted by Crippen LogP contribution is -2.15. The van der Waals surface area contributed by atoms with Gasteiger partial charge in [-0.05, 0) is 24.3 Å². The average Bonchev–Trinajstić information content (AvgIpc) is 3.29. The highest BCUT2D eigenvalue weighted by atomic mass is 32.2. The number of rotatable bonds is 7. The van der Waals surface area contributed by atoms with Crippen LogP contribution in [0.15, 0.2) is 60.4 Å². The van der Waals surface area contributed by atoms with Crippen LogP contribution in [0.4, 0.5) is 15.8 Å². The van der Waals surface area contributed by atoms with Crippen molar-refractivity contribution in [3.63, 3.8) is 0 Å². The number of amides is 1. The Morgan fingerprint density at radius 3 is 2.90 bits per heavy atom. The molecular formula is C20H17FN6OS2. The topological polar surface area (TPSA) is 98.7 Å². The Morgan fingerprint density at radius 2 is 2.13 bits per heavy atom. The maximum atomic E-state index is 13.7. The summed E-state index contributed by atoms with van der Waals surface area (Å²) < 4.78 is 15.6. The third kappa shape index (κ3) is 3.91. The summed E-state index contributed by atoms with van der Waals surface area (Å²) in [7, 11) is 0. The van der Waals surface area contributed by atoms with Crippen molar-refractivity contribution in [1.29, 1.82) is 0 Å². The summed E-state index contributed by atoms with van der Waals surface area (Å²) in [4.78, 5) is 18.2. The van der Waals surface area contributed by atoms with Gasteiger partial charge in [-0.1, -0.05) is 30.0 Å². The Hall–Kier alpha value is -3.24. The summed E-state index contributed by atoms with van der Waals surface area (Å²) in [6.07, 6.45) is 3.43. The Balaban J connectivity index is 1.57. The SMILES string of the molecule is C=CCn1c(SCC(=O)Nc2ccccc2F)nnc1-c1sc2ncccc2c1N. The first-order valence-electron chi connectivity index (χ1n) is 8.93. The minimum atomic E-state index is -0.484. The highest BCUT2D eigenvalue weighted by molar-refractivity contribution is 7.99. The number of nitrogens with two attached hydrogens (primary N) is 1. The van der Waals surface area contributed by atoms with Crippen LogP contribution in [0.25, 0.3) is 20.9 Å². The van der Waals surface area contributed by atoms with Crippen LogP contribution in [0.5, 0.6) is 0 Å². The van der Waals surface area contributed by atoms with Crippen LogP contribution in [0.2, 0.25) is 0 Å². The molecule has 0 saturated carbocycles. The van der Waals surface area contributed by atoms with Crippen LogP contribution in [0.1, 0.15) is 0 Å². The second-order valence-corrected chi connectivity index (χ2v) is 8.16. The molecule has 0 aliphatic rings. The molecule has 152 valence electrons. The van der Waals surface area contributed by atoms with E-state index in [1.54, 1.807) is 24.4 Å². The molecule has 3 aromatic heterocycles. The number of halogens is 1. The predicted molar refractivity (Wildman–Crippen MR) is 119 cm³/mol. The predicted octanol–water partition coefficient (Wildman–Crippen LogP) is 4.19. The quantitative estimate of drug-likeness (QED) is 0.330. The van der Waals surface area contributed by atoms with Crippen molar-refractivity contribution in [2.45, 2.75) is 11.7 Å². The van der Waals surface area contributed by atoms with E-state index < -0.39 is 5.82 Å². The maximum absolute atomic E-state index is 13.7. The summed E-state index contributed by atoms with van der Waals surface area (Å²) >= 11 is 2.64. The van der Waals surface area contributed by atoms with Crippen molar-refractivity contribution in [3.8, 4) is 10.7 Å². The number of fused-ring (bicyclic) bond motifs is 1. The number of thiophene rings is 1. The van der Waals surface area contributed by atoms with Crippen LogP contribution in [0.3, 0.4) is 0 Å². The van der Waals surface area contributed by atoms with Gasteiger partial charge in [-0.3, -0.25) is 9.36 Å². The Kier molecular flexibility index (Phi) is 5.77. The highest BCUT2D eigenvalue weighted by Crippen LogP contribution is 2.39. The lowest BCUT2D eigenvalue weighted by atomic mass is 10.2. The van der Waals surface area contributed by atoms with Gasteiger partial charge in [0, 0.05) is 18.1 Å². The van der Waals surface area contributed by atoms with E-state index in [-0.39, 0.29) is 17.3 Å². The number of carbonyl (C=O) groups excluding carboxylic acids is 1. The number of anilines is 2. The third-order valence-electron chi connectivity index (χ3n) is 4.22. The zero-order chi connectivity index (χ0) is 21.1. The van der Waals surface area contributed by atoms with Crippen molar-refractivity contribution < 1.29 is 9.18 Å². The molecule has 4 aromatic rings. The largest absolute Gasteiger partial charge is 0.397 e. The van der Waals surface area contributed by atoms with Crippen molar-refractivity contribution in [2.24, 2.45) is 0 Å². The number of nitrogens with zero attached hydrogens (tertiary/aromatic N) is 4. The number of pyridine rings is 1. The molecule has 0 spiro atoms. The molecule has 0 atom stereocenters. The second-order valence-electron chi connectivity index (χ2n) is 6.22. The van der Waals surface area contributed by atoms with Crippen LogP contribution in [-0.2, 0) is 11.3 Å². The molecule has 0 aliphatic carbocycles. The number of hydrogen-bond acceptors (Lipinski definition) is 7. The Bertz CT molecular complexity index is 1240. The number of allylic oxidation sites excluding steroid dienone is 1. The number of para-hydroxylation sites is 1. The molecule has 4 rings (SSSR count). The van der Waals surface area contributed by atoms with Gasteiger partial charge < -0.3 is 11.1 Å². The zero-order valence-corrected chi connectivity index (χ0v) is 17.3. The van der Waals surface area contributed by atoms with Crippen molar-refractivity contribution in [2.75, 3.05) is 16.8 Å². The molecule has 1 aromatic carbocycles. The first kappa shape index (κ1) is 20.0. The lowest BCUT2D eigenvalue weighted by molar-refractivity contribution is -0.113. The number of nitrogen functional groups attached to an aromatic ring is 1. The fourth-order valence-corrected chi connectivity index (χ4v) is 4.66. The molecule has 30 heavy (non-hydrogen) atoms. The second kappa shape index (κ2) is 8.64. The number of benzene rings is 1. The van der Waals surface area contributed by atoms with E-state index >= 15 is 0 Å². The van der Waals surface area contributed by atoms with Crippen LogP contribution in [-0.4, -0.2) is 31.4 Å². The van der Waals surface area contributed by atoms with Crippen molar-refractivity contribution >= 4 is 50.6 Å². The minimum absolute atomic E-state index is 0.0487. The van der Waals surface area contributed by atoms with Gasteiger partial charge >= 0.3 is 0 Å². The molecular weight excluding hydrogens is 423 g/mol. The van der Waals surface area contributed by atoms with Gasteiger partial charge in [0.05, 0.1) is 22.0 Å². The number of nitrogens with one attached hydrogen (secondary N) is 1. The van der Waals surface area contributed by atoms with E-state index in [1.807, 2.05) is 16.7 Å². The normalized spacial score (nSPS) is 11.0. The lowest BCUT2D eigenvalue weighted by Gasteiger charge is -2.08. The van der Waals surface area contributed by atoms with Crippen molar-refractivity contribution in [1.82, 2.24) is 19.7 Å². The smallest absolute Gasteiger partial charge is 0.234 e. The molecule has 0 fully saturated rings. The van der Waals surface area contributed by atoms with E-state index in [4.69, 9.17) is 5.73 Å². The maximum Gasteiger partial charge on any atom is 0.234 e. The third-order valence-corrected chi connectivity index (χ3v) is 6.31. The summed E-state index contributed by atoms with van der Waals surface area (Å²) in [5.41, 5.74) is 7.06. The standard InChI is InChI=1S/C20H17FN6OS2/c1-2-10-27-18(17-16(22)12-6-5-9-23-19(12)30-17)25-26-20(27)29-11-15(28)24-14-8-4-3-7-13(14)21/h2-9H,1,10-11,22H2,(H,24,28). The van der Waals surface area contributed by atoms with E-state index in [9.17, 15) is 9.18 Å². The highest BCUT2D eigenvalue weighted by Gasteiger charge is 2.20. The van der Waals surface area contributed by atoms with E-state index in [1.165, 1.54) is 35.2 Å². The molecule has 0 saturated heterocycles. The van der Waals surface area contributed by atoms with Gasteiger partial charge in [-0.15, -0.1) is 28.1 Å². The zero-order valence-electron chi connectivity index (χ0n) is 15.7. The van der Waals surface area contributed by atoms with E-state index in [0.717, 1.165) is 15.1 Å². The monoisotopic (exact) mass is 440 g/mol. The minimum Gasteiger partial charge on any atom is -0.397 e. The van der Waals surface area contributed by atoms with Gasteiger partial charge in [-0.2, -0.15) is 0 Å². The van der Waals surface area contributed by atoms with E-state index in [0.29, 0.717) is 23.2 Å². The fourth-order valence-electron chi connectivity index (χ4n) is 2.85. The summed E-state index contributed by atoms with van der Waals surface area (Å²) in [6.45, 7) is 4.24. The number of carbonyl (C=O) groups is 1. The summed E-state index contributed by atoms with van der Waals surface area (Å²) in [6, 6.07) is 9.76. The average molecular weight is 441 g/mol. The van der Waals surface area contributed by atoms with Gasteiger partial charge in [0.15, 0.2) is 11.0 Å². The molecule has 0 aliphatic heterocycles. The molecule has 0 radical (unpaired) electrons. The molecule has 0 unspecified atom stereocenters. The molecule has 0 bridgehead atoms. The van der Waals surface area contributed by atoms with Crippen molar-refractivity contribution in [3.05, 3.63) is 61.1 Å². The van der Waals surface area contributed by atoms with Crippen LogP contribution < -0.4 is 11.1 Å². The summed E-state index contributed by atoms with van der Waals surface area (Å²) in [5.74, 6) is -0.188. The van der Waals surface area contributed by atoms with Crippen LogP contribution in [0, 0.1) is 5.82 Å². The van der Waals surface area contributed by atoms with Gasteiger partial charge in [0.2, 0.25) is 5.91 Å². The molecule has 10 heteroatoms. The van der Waals surface area contributed by atoms with Gasteiger partial charge in [0.1, 0.15) is 10.6 Å². The first-order chi connectivity index (χ1) is 14.6. The molecule has 7 nitrogen and oxygen atoms in total. The fraction of sp³-hybridized carbons (Fsp3) is 0.100. The Labute approximate surface area is 179 Å². The van der Waals surface area contributed by atoms with Crippen LogP contribution >= 0.6 is 23.1 Å². The molecule has 3 N–H and O–H groups in total. The number of thioether (sulfide) groups is 1. The number of hydrogen-bond donors (Lipinski definition) is 2. The Morgan fingerprint density at radius 1 is 1.30 bits per heavy atom. The number of aromatic nitrogens is 4. The molecule has 3 heterocycles. The van der Waals surface area contributed by atoms with Gasteiger partial charge in [0.25, 0.3) is 0 Å². The molecule has 1 amide bonds. The first-order valence-corrected chi connectivity index (χ1v) is 10.7. The summed E-state index contributed by atoms with van der Waals surface area (Å²) in [5, 5.41) is 12.5. The van der Waals surface area contributed by atoms with E-state index in [2.05, 4.69) is 27.1 Å².